The third-order valence-corrected chi connectivity index (χ3v) is 4.87. The van der Waals surface area contributed by atoms with Crippen molar-refractivity contribution >= 4 is 21.6 Å². The van der Waals surface area contributed by atoms with Gasteiger partial charge in [-0.3, -0.25) is 0 Å². The van der Waals surface area contributed by atoms with E-state index >= 15 is 0 Å². The van der Waals surface area contributed by atoms with E-state index in [1.54, 1.807) is 12.1 Å². The van der Waals surface area contributed by atoms with E-state index in [-0.39, 0.29) is 0 Å². The van der Waals surface area contributed by atoms with E-state index in [0.717, 1.165) is 38.5 Å². The lowest BCUT2D eigenvalue weighted by molar-refractivity contribution is 0.573. The molecule has 0 fully saturated rings. The highest BCUT2D eigenvalue weighted by Gasteiger charge is 2.12. The van der Waals surface area contributed by atoms with Crippen LogP contribution in [0.1, 0.15) is 44.6 Å². The summed E-state index contributed by atoms with van der Waals surface area (Å²) in [6.07, 6.45) is 5.94. The number of unbranched alkanes of at least 4 members (excludes halogenated alkanes) is 3. The van der Waals surface area contributed by atoms with Crippen LogP contribution in [-0.2, 0) is 16.4 Å². The maximum Gasteiger partial charge on any atom is 0.240 e. The summed E-state index contributed by atoms with van der Waals surface area (Å²) in [6, 6.07) is 7.14. The number of aryl methyl sites for hydroxylation is 1. The molecule has 0 aromatic heterocycles. The van der Waals surface area contributed by atoms with Gasteiger partial charge in [-0.2, -0.15) is 0 Å². The van der Waals surface area contributed by atoms with E-state index in [1.165, 1.54) is 5.56 Å². The van der Waals surface area contributed by atoms with Gasteiger partial charge in [-0.25, -0.2) is 13.1 Å². The van der Waals surface area contributed by atoms with Crippen LogP contribution in [0.3, 0.4) is 0 Å². The lowest BCUT2D eigenvalue weighted by Crippen LogP contribution is -2.24. The number of rotatable bonds is 10. The van der Waals surface area contributed by atoms with Crippen molar-refractivity contribution in [3.05, 3.63) is 29.8 Å². The summed E-state index contributed by atoms with van der Waals surface area (Å²) in [5.41, 5.74) is 1.17. The van der Waals surface area contributed by atoms with Gasteiger partial charge in [0, 0.05) is 12.4 Å². The zero-order valence-corrected chi connectivity index (χ0v) is 13.6. The van der Waals surface area contributed by atoms with Crippen molar-refractivity contribution in [3.63, 3.8) is 0 Å². The molecular weight excluding hydrogens is 294 g/mol. The third-order valence-electron chi connectivity index (χ3n) is 3.12. The SMILES string of the molecule is CCCc1ccc(S(=O)(=O)NCCCCCCCl)cc1. The Hall–Kier alpha value is -0.580. The van der Waals surface area contributed by atoms with Gasteiger partial charge in [0.25, 0.3) is 0 Å². The van der Waals surface area contributed by atoms with Gasteiger partial charge in [-0.05, 0) is 37.0 Å². The van der Waals surface area contributed by atoms with Crippen molar-refractivity contribution in [2.24, 2.45) is 0 Å². The first kappa shape index (κ1) is 17.5. The van der Waals surface area contributed by atoms with Gasteiger partial charge in [0.2, 0.25) is 10.0 Å². The van der Waals surface area contributed by atoms with Crippen LogP contribution in [0.25, 0.3) is 0 Å². The number of benzene rings is 1. The van der Waals surface area contributed by atoms with Crippen molar-refractivity contribution in [2.45, 2.75) is 50.3 Å². The van der Waals surface area contributed by atoms with E-state index in [4.69, 9.17) is 11.6 Å². The van der Waals surface area contributed by atoms with Gasteiger partial charge < -0.3 is 0 Å². The van der Waals surface area contributed by atoms with Crippen molar-refractivity contribution in [3.8, 4) is 0 Å². The molecule has 0 heterocycles. The lowest BCUT2D eigenvalue weighted by Gasteiger charge is -2.07. The van der Waals surface area contributed by atoms with Gasteiger partial charge >= 0.3 is 0 Å². The van der Waals surface area contributed by atoms with Crippen molar-refractivity contribution in [1.82, 2.24) is 4.72 Å². The van der Waals surface area contributed by atoms with Gasteiger partial charge in [-0.15, -0.1) is 11.6 Å². The lowest BCUT2D eigenvalue weighted by atomic mass is 10.1. The molecule has 114 valence electrons. The summed E-state index contributed by atoms with van der Waals surface area (Å²) in [6.45, 7) is 2.60. The van der Waals surface area contributed by atoms with Crippen molar-refractivity contribution < 1.29 is 8.42 Å². The average Bonchev–Trinajstić information content (AvgIpc) is 2.44. The Labute approximate surface area is 127 Å². The Balaban J connectivity index is 2.43. The maximum absolute atomic E-state index is 12.1. The summed E-state index contributed by atoms with van der Waals surface area (Å²) >= 11 is 5.59. The van der Waals surface area contributed by atoms with Gasteiger partial charge in [0.1, 0.15) is 0 Å². The molecule has 0 amide bonds. The Morgan fingerprint density at radius 1 is 1.05 bits per heavy atom. The molecule has 3 nitrogen and oxygen atoms in total. The molecule has 0 saturated heterocycles. The summed E-state index contributed by atoms with van der Waals surface area (Å²) in [7, 11) is -3.36. The second kappa shape index (κ2) is 9.37. The van der Waals surface area contributed by atoms with Crippen LogP contribution >= 0.6 is 11.6 Å². The van der Waals surface area contributed by atoms with Crippen molar-refractivity contribution in [1.29, 1.82) is 0 Å². The van der Waals surface area contributed by atoms with Crippen molar-refractivity contribution in [2.75, 3.05) is 12.4 Å². The molecule has 0 bridgehead atoms. The molecule has 0 atom stereocenters. The van der Waals surface area contributed by atoms with Crippen LogP contribution in [-0.4, -0.2) is 20.8 Å². The monoisotopic (exact) mass is 317 g/mol. The second-order valence-corrected chi connectivity index (χ2v) is 7.04. The van der Waals surface area contributed by atoms with Crippen LogP contribution in [0.4, 0.5) is 0 Å². The Kier molecular flexibility index (Phi) is 8.19. The predicted octanol–water partition coefficient (Wildman–Crippen LogP) is 3.72. The molecule has 0 spiro atoms. The van der Waals surface area contributed by atoms with Gasteiger partial charge in [-0.1, -0.05) is 38.3 Å². The highest BCUT2D eigenvalue weighted by Crippen LogP contribution is 2.12. The zero-order chi connectivity index (χ0) is 14.8. The molecule has 5 heteroatoms. The average molecular weight is 318 g/mol. The number of sulfonamides is 1. The van der Waals surface area contributed by atoms with E-state index in [1.807, 2.05) is 12.1 Å². The van der Waals surface area contributed by atoms with Gasteiger partial charge in [0.05, 0.1) is 4.90 Å². The van der Waals surface area contributed by atoms with Crippen LogP contribution in [0, 0.1) is 0 Å². The minimum Gasteiger partial charge on any atom is -0.211 e. The summed E-state index contributed by atoms with van der Waals surface area (Å²) in [5, 5.41) is 0. The molecule has 0 saturated carbocycles. The molecule has 1 N–H and O–H groups in total. The Morgan fingerprint density at radius 3 is 2.30 bits per heavy atom. The normalized spacial score (nSPS) is 11.7. The zero-order valence-electron chi connectivity index (χ0n) is 12.1. The first-order valence-electron chi connectivity index (χ1n) is 7.24. The van der Waals surface area contributed by atoms with E-state index in [9.17, 15) is 8.42 Å². The maximum atomic E-state index is 12.1. The summed E-state index contributed by atoms with van der Waals surface area (Å²) in [5.74, 6) is 0.676. The summed E-state index contributed by atoms with van der Waals surface area (Å²) in [4.78, 5) is 0.345. The third kappa shape index (κ3) is 6.25. The Bertz CT molecular complexity index is 471. The van der Waals surface area contributed by atoms with Gasteiger partial charge in [0.15, 0.2) is 0 Å². The smallest absolute Gasteiger partial charge is 0.211 e. The molecule has 0 radical (unpaired) electrons. The largest absolute Gasteiger partial charge is 0.240 e. The van der Waals surface area contributed by atoms with Crippen LogP contribution in [0.5, 0.6) is 0 Å². The minimum absolute atomic E-state index is 0.345. The first-order chi connectivity index (χ1) is 9.60. The van der Waals surface area contributed by atoms with Crippen LogP contribution < -0.4 is 4.72 Å². The molecule has 0 unspecified atom stereocenters. The fourth-order valence-electron chi connectivity index (χ4n) is 1.99. The second-order valence-electron chi connectivity index (χ2n) is 4.89. The molecule has 0 aliphatic heterocycles. The molecule has 1 rings (SSSR count). The van der Waals surface area contributed by atoms with E-state index < -0.39 is 10.0 Å². The number of hydrogen-bond donors (Lipinski definition) is 1. The van der Waals surface area contributed by atoms with Crippen LogP contribution in [0.15, 0.2) is 29.2 Å². The van der Waals surface area contributed by atoms with E-state index in [2.05, 4.69) is 11.6 Å². The number of halogens is 1. The molecule has 0 aliphatic rings. The fraction of sp³-hybridized carbons (Fsp3) is 0.600. The minimum atomic E-state index is -3.36. The molecule has 20 heavy (non-hydrogen) atoms. The molecule has 1 aromatic carbocycles. The first-order valence-corrected chi connectivity index (χ1v) is 9.26. The fourth-order valence-corrected chi connectivity index (χ4v) is 3.25. The quantitative estimate of drug-likeness (QED) is 0.528. The summed E-state index contributed by atoms with van der Waals surface area (Å²) < 4.78 is 26.8. The topological polar surface area (TPSA) is 46.2 Å². The number of alkyl halides is 1. The molecule has 0 aliphatic carbocycles. The standard InChI is InChI=1S/C15H24ClNO2S/c1-2-7-14-8-10-15(11-9-14)20(18,19)17-13-6-4-3-5-12-16/h8-11,17H,2-7,12-13H2,1H3. The Morgan fingerprint density at radius 2 is 1.70 bits per heavy atom. The highest BCUT2D eigenvalue weighted by molar-refractivity contribution is 7.89. The number of hydrogen-bond acceptors (Lipinski definition) is 2. The van der Waals surface area contributed by atoms with E-state index in [0.29, 0.717) is 17.3 Å². The number of nitrogens with one attached hydrogen (secondary N) is 1. The predicted molar refractivity (Wildman–Crippen MR) is 84.8 cm³/mol. The molecule has 1 aromatic rings. The van der Waals surface area contributed by atoms with Crippen LogP contribution in [0.2, 0.25) is 0 Å². The highest BCUT2D eigenvalue weighted by atomic mass is 35.5. The molecular formula is C15H24ClNO2S.